The van der Waals surface area contributed by atoms with Crippen LogP contribution >= 0.6 is 0 Å². The molecule has 1 atom stereocenters. The van der Waals surface area contributed by atoms with E-state index in [0.717, 1.165) is 25.0 Å². The van der Waals surface area contributed by atoms with Crippen LogP contribution in [0.15, 0.2) is 0 Å². The molecule has 0 aromatic carbocycles. The smallest absolute Gasteiger partial charge is 0.0204 e. The summed E-state index contributed by atoms with van der Waals surface area (Å²) < 4.78 is 0. The molecular weight excluding hydrogens is 124 g/mol. The van der Waals surface area contributed by atoms with Crippen molar-refractivity contribution in [2.24, 2.45) is 5.92 Å². The van der Waals surface area contributed by atoms with E-state index in [1.165, 1.54) is 13.0 Å². The molecule has 0 aliphatic carbocycles. The summed E-state index contributed by atoms with van der Waals surface area (Å²) in [6.45, 7) is 8.00. The van der Waals surface area contributed by atoms with Crippen molar-refractivity contribution in [1.29, 1.82) is 0 Å². The highest BCUT2D eigenvalue weighted by atomic mass is 15.0. The topological polar surface area (TPSA) is 24.1 Å². The highest BCUT2D eigenvalue weighted by molar-refractivity contribution is 4.77. The number of nitrogens with one attached hydrogen (secondary N) is 2. The molecule has 0 radical (unpaired) electrons. The van der Waals surface area contributed by atoms with Gasteiger partial charge in [-0.1, -0.05) is 13.8 Å². The minimum Gasteiger partial charge on any atom is -0.315 e. The van der Waals surface area contributed by atoms with E-state index in [-0.39, 0.29) is 0 Å². The number of hydrogen-bond acceptors (Lipinski definition) is 2. The first kappa shape index (κ1) is 8.02. The molecule has 0 aromatic rings. The van der Waals surface area contributed by atoms with Gasteiger partial charge >= 0.3 is 0 Å². The molecule has 0 bridgehead atoms. The molecule has 60 valence electrons. The maximum Gasteiger partial charge on any atom is 0.0204 e. The zero-order valence-corrected chi connectivity index (χ0v) is 6.98. The highest BCUT2D eigenvalue weighted by Gasteiger charge is 2.12. The van der Waals surface area contributed by atoms with E-state index in [2.05, 4.69) is 24.5 Å². The molecule has 1 heterocycles. The minimum atomic E-state index is 0.738. The molecule has 1 aliphatic rings. The zero-order chi connectivity index (χ0) is 7.40. The van der Waals surface area contributed by atoms with Crippen molar-refractivity contribution in [2.75, 3.05) is 19.6 Å². The van der Waals surface area contributed by atoms with Crippen LogP contribution in [0.4, 0.5) is 0 Å². The first-order valence-electron chi connectivity index (χ1n) is 4.23. The second-order valence-electron chi connectivity index (χ2n) is 3.49. The average Bonchev–Trinajstić information content (AvgIpc) is 2.34. The van der Waals surface area contributed by atoms with Crippen LogP contribution in [0.1, 0.15) is 20.3 Å². The second kappa shape index (κ2) is 3.94. The predicted molar refractivity (Wildman–Crippen MR) is 44.1 cm³/mol. The van der Waals surface area contributed by atoms with E-state index < -0.39 is 0 Å². The summed E-state index contributed by atoms with van der Waals surface area (Å²) >= 11 is 0. The van der Waals surface area contributed by atoms with Crippen LogP contribution in [0.25, 0.3) is 0 Å². The predicted octanol–water partition coefficient (Wildman–Crippen LogP) is 0.594. The summed E-state index contributed by atoms with van der Waals surface area (Å²) in [6, 6.07) is 0.738. The van der Waals surface area contributed by atoms with Crippen molar-refractivity contribution < 1.29 is 0 Å². The van der Waals surface area contributed by atoms with Crippen LogP contribution in [0, 0.1) is 5.92 Å². The zero-order valence-electron chi connectivity index (χ0n) is 6.98. The van der Waals surface area contributed by atoms with Crippen molar-refractivity contribution in [3.05, 3.63) is 0 Å². The van der Waals surface area contributed by atoms with Gasteiger partial charge in [0.05, 0.1) is 0 Å². The Morgan fingerprint density at radius 3 is 2.90 bits per heavy atom. The van der Waals surface area contributed by atoms with Crippen LogP contribution < -0.4 is 10.6 Å². The molecule has 1 rings (SSSR count). The third kappa shape index (κ3) is 2.67. The summed E-state index contributed by atoms with van der Waals surface area (Å²) in [6.07, 6.45) is 1.30. The average molecular weight is 142 g/mol. The summed E-state index contributed by atoms with van der Waals surface area (Å²) in [7, 11) is 0. The van der Waals surface area contributed by atoms with Gasteiger partial charge in [-0.2, -0.15) is 0 Å². The van der Waals surface area contributed by atoms with Gasteiger partial charge in [0.2, 0.25) is 0 Å². The quantitative estimate of drug-likeness (QED) is 0.603. The molecule has 2 N–H and O–H groups in total. The molecule has 0 saturated carbocycles. The summed E-state index contributed by atoms with van der Waals surface area (Å²) in [5.41, 5.74) is 0. The van der Waals surface area contributed by atoms with Gasteiger partial charge in [0, 0.05) is 12.6 Å². The molecule has 1 unspecified atom stereocenters. The fraction of sp³-hybridized carbons (Fsp3) is 1.00. The normalized spacial score (nSPS) is 26.1. The van der Waals surface area contributed by atoms with Gasteiger partial charge in [-0.25, -0.2) is 0 Å². The molecule has 1 fully saturated rings. The van der Waals surface area contributed by atoms with Gasteiger partial charge in [0.15, 0.2) is 0 Å². The number of rotatable bonds is 3. The van der Waals surface area contributed by atoms with Crippen LogP contribution in [0.5, 0.6) is 0 Å². The summed E-state index contributed by atoms with van der Waals surface area (Å²) in [5.74, 6) is 0.778. The summed E-state index contributed by atoms with van der Waals surface area (Å²) in [5, 5.41) is 6.85. The monoisotopic (exact) mass is 142 g/mol. The number of hydrogen-bond donors (Lipinski definition) is 2. The van der Waals surface area contributed by atoms with Gasteiger partial charge in [0.1, 0.15) is 0 Å². The van der Waals surface area contributed by atoms with Gasteiger partial charge in [-0.3, -0.25) is 0 Å². The molecule has 2 heteroatoms. The molecule has 1 saturated heterocycles. The SMILES string of the molecule is CC(C)CNC1CCNC1. The minimum absolute atomic E-state index is 0.738. The highest BCUT2D eigenvalue weighted by Crippen LogP contribution is 1.98. The lowest BCUT2D eigenvalue weighted by molar-refractivity contribution is 0.483. The first-order valence-corrected chi connectivity index (χ1v) is 4.23. The molecule has 10 heavy (non-hydrogen) atoms. The van der Waals surface area contributed by atoms with E-state index >= 15 is 0 Å². The molecule has 0 amide bonds. The van der Waals surface area contributed by atoms with Crippen molar-refractivity contribution in [1.82, 2.24) is 10.6 Å². The fourth-order valence-corrected chi connectivity index (χ4v) is 1.23. The van der Waals surface area contributed by atoms with Gasteiger partial charge in [-0.05, 0) is 25.4 Å². The molecule has 0 spiro atoms. The lowest BCUT2D eigenvalue weighted by Gasteiger charge is -2.12. The van der Waals surface area contributed by atoms with Gasteiger partial charge in [0.25, 0.3) is 0 Å². The molecule has 2 nitrogen and oxygen atoms in total. The third-order valence-corrected chi connectivity index (χ3v) is 1.88. The largest absolute Gasteiger partial charge is 0.315 e. The summed E-state index contributed by atoms with van der Waals surface area (Å²) in [4.78, 5) is 0. The van der Waals surface area contributed by atoms with Gasteiger partial charge in [-0.15, -0.1) is 0 Å². The fourth-order valence-electron chi connectivity index (χ4n) is 1.23. The molecule has 1 aliphatic heterocycles. The Bertz CT molecular complexity index is 85.3. The van der Waals surface area contributed by atoms with Crippen molar-refractivity contribution in [3.8, 4) is 0 Å². The second-order valence-corrected chi connectivity index (χ2v) is 3.49. The lowest BCUT2D eigenvalue weighted by atomic mass is 10.2. The lowest BCUT2D eigenvalue weighted by Crippen LogP contribution is -2.33. The maximum absolute atomic E-state index is 3.52. The van der Waals surface area contributed by atoms with E-state index in [4.69, 9.17) is 0 Å². The Labute approximate surface area is 63.4 Å². The Morgan fingerprint density at radius 2 is 2.40 bits per heavy atom. The Hall–Kier alpha value is -0.0800. The Balaban J connectivity index is 2.01. The molecular formula is C8H18N2. The van der Waals surface area contributed by atoms with Crippen molar-refractivity contribution >= 4 is 0 Å². The first-order chi connectivity index (χ1) is 4.79. The van der Waals surface area contributed by atoms with E-state index in [9.17, 15) is 0 Å². The van der Waals surface area contributed by atoms with Crippen molar-refractivity contribution in [3.63, 3.8) is 0 Å². The van der Waals surface area contributed by atoms with Gasteiger partial charge < -0.3 is 10.6 Å². The standard InChI is InChI=1S/C8H18N2/c1-7(2)5-10-8-3-4-9-6-8/h7-10H,3-6H2,1-2H3. The Morgan fingerprint density at radius 1 is 1.60 bits per heavy atom. The van der Waals surface area contributed by atoms with Crippen molar-refractivity contribution in [2.45, 2.75) is 26.3 Å². The Kier molecular flexibility index (Phi) is 3.16. The maximum atomic E-state index is 3.52. The molecule has 0 aromatic heterocycles. The van der Waals surface area contributed by atoms with Crippen LogP contribution in [0.3, 0.4) is 0 Å². The van der Waals surface area contributed by atoms with Crippen LogP contribution in [0.2, 0.25) is 0 Å². The van der Waals surface area contributed by atoms with E-state index in [0.29, 0.717) is 0 Å². The van der Waals surface area contributed by atoms with Crippen LogP contribution in [-0.2, 0) is 0 Å². The third-order valence-electron chi connectivity index (χ3n) is 1.88. The van der Waals surface area contributed by atoms with Crippen LogP contribution in [-0.4, -0.2) is 25.7 Å². The van der Waals surface area contributed by atoms with E-state index in [1.807, 2.05) is 0 Å². The van der Waals surface area contributed by atoms with E-state index in [1.54, 1.807) is 0 Å².